The molecule has 1 rings (SSSR count). The zero-order valence-corrected chi connectivity index (χ0v) is 6.11. The van der Waals surface area contributed by atoms with E-state index in [0.717, 1.165) is 12.3 Å². The summed E-state index contributed by atoms with van der Waals surface area (Å²) in [6, 6.07) is 0. The Balaban J connectivity index is 2.28. The maximum Gasteiger partial charge on any atom is 0.0203 e. The van der Waals surface area contributed by atoms with E-state index in [1.54, 1.807) is 0 Å². The standard InChI is InChI=1S/C9H14/c1-2-6-9-7-4-3-5-8-9/h9H,2-4,6-7H2,1H3. The fraction of sp³-hybridized carbons (Fsp3) is 0.778. The minimum absolute atomic E-state index is 0.740. The topological polar surface area (TPSA) is 0 Å². The quantitative estimate of drug-likeness (QED) is 0.494. The molecule has 0 heterocycles. The molecule has 1 aliphatic carbocycles. The van der Waals surface area contributed by atoms with Crippen LogP contribution in [-0.4, -0.2) is 0 Å². The van der Waals surface area contributed by atoms with E-state index in [-0.39, 0.29) is 0 Å². The molecule has 0 radical (unpaired) electrons. The van der Waals surface area contributed by atoms with Crippen LogP contribution in [0, 0.1) is 17.8 Å². The van der Waals surface area contributed by atoms with Gasteiger partial charge in [0.15, 0.2) is 0 Å². The van der Waals surface area contributed by atoms with Crippen LogP contribution >= 0.6 is 0 Å². The van der Waals surface area contributed by atoms with Gasteiger partial charge in [-0.1, -0.05) is 19.3 Å². The van der Waals surface area contributed by atoms with Gasteiger partial charge >= 0.3 is 0 Å². The third-order valence-corrected chi connectivity index (χ3v) is 1.80. The molecule has 0 fully saturated rings. The minimum Gasteiger partial charge on any atom is -0.103 e. The minimum atomic E-state index is 0.740. The van der Waals surface area contributed by atoms with E-state index in [0.29, 0.717) is 0 Å². The van der Waals surface area contributed by atoms with E-state index < -0.39 is 0 Å². The molecule has 0 nitrogen and oxygen atoms in total. The smallest absolute Gasteiger partial charge is 0.0203 e. The van der Waals surface area contributed by atoms with E-state index in [4.69, 9.17) is 0 Å². The first kappa shape index (κ1) is 6.68. The summed E-state index contributed by atoms with van der Waals surface area (Å²) in [4.78, 5) is 0. The fourth-order valence-corrected chi connectivity index (χ4v) is 1.29. The lowest BCUT2D eigenvalue weighted by atomic mass is 9.94. The van der Waals surface area contributed by atoms with Crippen molar-refractivity contribution in [1.82, 2.24) is 0 Å². The summed E-state index contributed by atoms with van der Waals surface area (Å²) < 4.78 is 0. The van der Waals surface area contributed by atoms with Crippen molar-refractivity contribution in [2.75, 3.05) is 0 Å². The van der Waals surface area contributed by atoms with Crippen LogP contribution in [0.5, 0.6) is 0 Å². The van der Waals surface area contributed by atoms with Gasteiger partial charge in [0.25, 0.3) is 0 Å². The first-order valence-electron chi connectivity index (χ1n) is 3.92. The van der Waals surface area contributed by atoms with Crippen molar-refractivity contribution in [1.29, 1.82) is 0 Å². The van der Waals surface area contributed by atoms with Crippen molar-refractivity contribution >= 4 is 0 Å². The number of rotatable bonds is 2. The van der Waals surface area contributed by atoms with Gasteiger partial charge in [0.2, 0.25) is 0 Å². The summed E-state index contributed by atoms with van der Waals surface area (Å²) >= 11 is 0. The summed E-state index contributed by atoms with van der Waals surface area (Å²) in [7, 11) is 0. The second-order valence-electron chi connectivity index (χ2n) is 2.70. The van der Waals surface area contributed by atoms with Gasteiger partial charge in [0.05, 0.1) is 0 Å². The molecular weight excluding hydrogens is 108 g/mol. The molecule has 0 spiro atoms. The molecule has 1 aliphatic rings. The van der Waals surface area contributed by atoms with Crippen LogP contribution in [-0.2, 0) is 0 Å². The fourth-order valence-electron chi connectivity index (χ4n) is 1.29. The number of hydrogen-bond acceptors (Lipinski definition) is 0. The molecule has 0 saturated heterocycles. The maximum absolute atomic E-state index is 3.27. The predicted molar refractivity (Wildman–Crippen MR) is 40.0 cm³/mol. The molecule has 9 heavy (non-hydrogen) atoms. The Morgan fingerprint density at radius 3 is 3.00 bits per heavy atom. The van der Waals surface area contributed by atoms with E-state index >= 15 is 0 Å². The summed E-state index contributed by atoms with van der Waals surface area (Å²) in [5.74, 6) is 7.18. The Bertz CT molecular complexity index is 125. The summed E-state index contributed by atoms with van der Waals surface area (Å²) in [6.07, 6.45) is 6.42. The Morgan fingerprint density at radius 2 is 2.44 bits per heavy atom. The third kappa shape index (κ3) is 2.10. The molecule has 1 unspecified atom stereocenters. The Hall–Kier alpha value is -0.440. The normalized spacial score (nSPS) is 24.8. The molecule has 0 N–H and O–H groups in total. The van der Waals surface area contributed by atoms with E-state index in [2.05, 4.69) is 18.8 Å². The lowest BCUT2D eigenvalue weighted by molar-refractivity contribution is 0.524. The van der Waals surface area contributed by atoms with Crippen LogP contribution in [0.3, 0.4) is 0 Å². The zero-order chi connectivity index (χ0) is 6.53. The van der Waals surface area contributed by atoms with Crippen LogP contribution in [0.4, 0.5) is 0 Å². The first-order chi connectivity index (χ1) is 4.43. The molecule has 0 aromatic heterocycles. The average molecular weight is 122 g/mol. The summed E-state index contributed by atoms with van der Waals surface area (Å²) in [5.41, 5.74) is 0. The van der Waals surface area contributed by atoms with Gasteiger partial charge in [0, 0.05) is 12.3 Å². The molecule has 0 aromatic carbocycles. The Morgan fingerprint density at radius 1 is 1.56 bits per heavy atom. The highest BCUT2D eigenvalue weighted by atomic mass is 14.1. The average Bonchev–Trinajstić information content (AvgIpc) is 1.91. The maximum atomic E-state index is 3.27. The van der Waals surface area contributed by atoms with Crippen molar-refractivity contribution in [2.45, 2.75) is 39.0 Å². The van der Waals surface area contributed by atoms with Crippen LogP contribution in [0.2, 0.25) is 0 Å². The van der Waals surface area contributed by atoms with Crippen molar-refractivity contribution in [3.8, 4) is 11.8 Å². The van der Waals surface area contributed by atoms with Crippen LogP contribution < -0.4 is 0 Å². The molecule has 0 aliphatic heterocycles. The first-order valence-corrected chi connectivity index (χ1v) is 3.92. The van der Waals surface area contributed by atoms with E-state index in [9.17, 15) is 0 Å². The monoisotopic (exact) mass is 122 g/mol. The largest absolute Gasteiger partial charge is 0.103 e. The third-order valence-electron chi connectivity index (χ3n) is 1.80. The Labute approximate surface area is 57.7 Å². The highest BCUT2D eigenvalue weighted by Crippen LogP contribution is 2.16. The van der Waals surface area contributed by atoms with Gasteiger partial charge in [-0.25, -0.2) is 0 Å². The Kier molecular flexibility index (Phi) is 2.64. The second kappa shape index (κ2) is 3.56. The van der Waals surface area contributed by atoms with E-state index in [1.807, 2.05) is 0 Å². The van der Waals surface area contributed by atoms with Crippen LogP contribution in [0.25, 0.3) is 0 Å². The molecule has 0 amide bonds. The highest BCUT2D eigenvalue weighted by Gasteiger charge is 2.05. The van der Waals surface area contributed by atoms with Crippen molar-refractivity contribution in [2.24, 2.45) is 5.92 Å². The van der Waals surface area contributed by atoms with Crippen molar-refractivity contribution < 1.29 is 0 Å². The molecular formula is C9H14. The molecule has 1 atom stereocenters. The highest BCUT2D eigenvalue weighted by molar-refractivity contribution is 5.06. The second-order valence-corrected chi connectivity index (χ2v) is 2.70. The van der Waals surface area contributed by atoms with Crippen molar-refractivity contribution in [3.05, 3.63) is 0 Å². The van der Waals surface area contributed by atoms with Crippen LogP contribution in [0.1, 0.15) is 39.0 Å². The molecule has 0 bridgehead atoms. The molecule has 50 valence electrons. The SMILES string of the molecule is CCCC1C#CCCC1. The van der Waals surface area contributed by atoms with Gasteiger partial charge in [0.1, 0.15) is 0 Å². The molecule has 0 saturated carbocycles. The van der Waals surface area contributed by atoms with Crippen molar-refractivity contribution in [3.63, 3.8) is 0 Å². The predicted octanol–water partition coefficient (Wildman–Crippen LogP) is 2.59. The van der Waals surface area contributed by atoms with Gasteiger partial charge in [-0.15, -0.1) is 5.92 Å². The van der Waals surface area contributed by atoms with Gasteiger partial charge < -0.3 is 0 Å². The zero-order valence-electron chi connectivity index (χ0n) is 6.11. The van der Waals surface area contributed by atoms with Gasteiger partial charge in [-0.3, -0.25) is 0 Å². The van der Waals surface area contributed by atoms with Gasteiger partial charge in [-0.2, -0.15) is 0 Å². The summed E-state index contributed by atoms with van der Waals surface area (Å²) in [6.45, 7) is 2.23. The number of hydrogen-bond donors (Lipinski definition) is 0. The summed E-state index contributed by atoms with van der Waals surface area (Å²) in [5, 5.41) is 0. The molecule has 0 aromatic rings. The van der Waals surface area contributed by atoms with Gasteiger partial charge in [-0.05, 0) is 19.3 Å². The van der Waals surface area contributed by atoms with Crippen LogP contribution in [0.15, 0.2) is 0 Å². The lowest BCUT2D eigenvalue weighted by Gasteiger charge is -2.10. The lowest BCUT2D eigenvalue weighted by Crippen LogP contribution is -1.99. The van der Waals surface area contributed by atoms with E-state index in [1.165, 1.54) is 25.7 Å². The molecule has 0 heteroatoms.